The van der Waals surface area contributed by atoms with Crippen LogP contribution in [0.1, 0.15) is 45.5 Å². The largest absolute Gasteiger partial charge is 0.333 e. The molecule has 0 bridgehead atoms. The lowest BCUT2D eigenvalue weighted by molar-refractivity contribution is -0.134. The number of aromatic nitrogens is 2. The quantitative estimate of drug-likeness (QED) is 0.833. The van der Waals surface area contributed by atoms with Crippen LogP contribution in [0.15, 0.2) is 23.0 Å². The van der Waals surface area contributed by atoms with Crippen molar-refractivity contribution in [3.63, 3.8) is 0 Å². The van der Waals surface area contributed by atoms with Gasteiger partial charge in [-0.25, -0.2) is 4.98 Å². The molecule has 5 nitrogen and oxygen atoms in total. The number of benzene rings is 1. The summed E-state index contributed by atoms with van der Waals surface area (Å²) in [6, 6.07) is 4.90. The normalized spacial score (nSPS) is 15.5. The Labute approximate surface area is 146 Å². The first-order valence-electron chi connectivity index (χ1n) is 8.48. The van der Waals surface area contributed by atoms with Crippen molar-refractivity contribution < 1.29 is 4.79 Å². The SMILES string of the molecule is CCN(C(=O)C1CC1)C(C)c1nc2ccc(Cl)cc2c(=O)n1CC. The Morgan fingerprint density at radius 3 is 2.71 bits per heavy atom. The van der Waals surface area contributed by atoms with Crippen LogP contribution in [0.5, 0.6) is 0 Å². The zero-order valence-electron chi connectivity index (χ0n) is 14.3. The lowest BCUT2D eigenvalue weighted by Gasteiger charge is -2.29. The Kier molecular flexibility index (Phi) is 4.63. The second kappa shape index (κ2) is 6.55. The van der Waals surface area contributed by atoms with Gasteiger partial charge >= 0.3 is 0 Å². The zero-order chi connectivity index (χ0) is 17.4. The van der Waals surface area contributed by atoms with E-state index >= 15 is 0 Å². The van der Waals surface area contributed by atoms with Crippen molar-refractivity contribution in [1.29, 1.82) is 0 Å². The van der Waals surface area contributed by atoms with E-state index in [1.54, 1.807) is 22.8 Å². The summed E-state index contributed by atoms with van der Waals surface area (Å²) in [7, 11) is 0. The maximum absolute atomic E-state index is 12.8. The summed E-state index contributed by atoms with van der Waals surface area (Å²) in [5, 5.41) is 1.03. The number of amides is 1. The summed E-state index contributed by atoms with van der Waals surface area (Å²) < 4.78 is 1.65. The molecule has 128 valence electrons. The summed E-state index contributed by atoms with van der Waals surface area (Å²) in [5.41, 5.74) is 0.507. The second-order valence-corrected chi connectivity index (χ2v) is 6.69. The maximum Gasteiger partial charge on any atom is 0.261 e. The Morgan fingerprint density at radius 1 is 1.42 bits per heavy atom. The van der Waals surface area contributed by atoms with Crippen LogP contribution in [0.2, 0.25) is 5.02 Å². The molecule has 2 aromatic rings. The van der Waals surface area contributed by atoms with E-state index in [2.05, 4.69) is 4.98 Å². The summed E-state index contributed by atoms with van der Waals surface area (Å²) in [4.78, 5) is 31.9. The Balaban J connectivity index is 2.11. The number of hydrogen-bond acceptors (Lipinski definition) is 3. The van der Waals surface area contributed by atoms with Gasteiger partial charge in [0.15, 0.2) is 0 Å². The van der Waals surface area contributed by atoms with E-state index in [1.165, 1.54) is 0 Å². The molecule has 0 saturated heterocycles. The topological polar surface area (TPSA) is 55.2 Å². The van der Waals surface area contributed by atoms with Crippen LogP contribution >= 0.6 is 11.6 Å². The number of halogens is 1. The van der Waals surface area contributed by atoms with Crippen LogP contribution in [0.3, 0.4) is 0 Å². The summed E-state index contributed by atoms with van der Waals surface area (Å²) in [6.07, 6.45) is 1.93. The molecule has 1 unspecified atom stereocenters. The van der Waals surface area contributed by atoms with Crippen molar-refractivity contribution >= 4 is 28.4 Å². The van der Waals surface area contributed by atoms with Gasteiger partial charge in [-0.15, -0.1) is 0 Å². The molecule has 1 saturated carbocycles. The van der Waals surface area contributed by atoms with E-state index in [1.807, 2.05) is 25.7 Å². The van der Waals surface area contributed by atoms with E-state index in [0.29, 0.717) is 34.8 Å². The first-order valence-corrected chi connectivity index (χ1v) is 8.86. The highest BCUT2D eigenvalue weighted by molar-refractivity contribution is 6.31. The van der Waals surface area contributed by atoms with Crippen LogP contribution < -0.4 is 5.56 Å². The molecule has 6 heteroatoms. The highest BCUT2D eigenvalue weighted by Crippen LogP contribution is 2.33. The summed E-state index contributed by atoms with van der Waals surface area (Å²) in [6.45, 7) is 6.93. The molecule has 3 rings (SSSR count). The van der Waals surface area contributed by atoms with Gasteiger partial charge in [0, 0.05) is 24.0 Å². The van der Waals surface area contributed by atoms with E-state index in [0.717, 1.165) is 12.8 Å². The molecule has 0 N–H and O–H groups in total. The number of fused-ring (bicyclic) bond motifs is 1. The summed E-state index contributed by atoms with van der Waals surface area (Å²) >= 11 is 6.02. The number of carbonyl (C=O) groups is 1. The fraction of sp³-hybridized carbons (Fsp3) is 0.500. The lowest BCUT2D eigenvalue weighted by Crippen LogP contribution is -2.38. The zero-order valence-corrected chi connectivity index (χ0v) is 15.0. The molecule has 1 heterocycles. The summed E-state index contributed by atoms with van der Waals surface area (Å²) in [5.74, 6) is 0.944. The number of rotatable bonds is 5. The Hall–Kier alpha value is -1.88. The van der Waals surface area contributed by atoms with Gasteiger partial charge in [-0.05, 0) is 51.8 Å². The minimum absolute atomic E-state index is 0.109. The average Bonchev–Trinajstić information content (AvgIpc) is 3.40. The fourth-order valence-electron chi connectivity index (χ4n) is 3.16. The molecular weight excluding hydrogens is 326 g/mol. The molecule has 1 aliphatic rings. The number of hydrogen-bond donors (Lipinski definition) is 0. The molecule has 1 aromatic carbocycles. The Morgan fingerprint density at radius 2 is 2.12 bits per heavy atom. The predicted octanol–water partition coefficient (Wildman–Crippen LogP) is 3.39. The molecule has 0 aliphatic heterocycles. The smallest absolute Gasteiger partial charge is 0.261 e. The van der Waals surface area contributed by atoms with Crippen molar-refractivity contribution in [3.05, 3.63) is 39.4 Å². The molecule has 24 heavy (non-hydrogen) atoms. The molecule has 0 radical (unpaired) electrons. The molecule has 1 amide bonds. The molecule has 0 spiro atoms. The third kappa shape index (κ3) is 2.93. The number of nitrogens with zero attached hydrogens (tertiary/aromatic N) is 3. The first kappa shape index (κ1) is 17.0. The minimum Gasteiger partial charge on any atom is -0.333 e. The van der Waals surface area contributed by atoms with Gasteiger partial charge in [0.25, 0.3) is 5.56 Å². The van der Waals surface area contributed by atoms with Gasteiger partial charge in [0.2, 0.25) is 5.91 Å². The van der Waals surface area contributed by atoms with Crippen molar-refractivity contribution in [2.24, 2.45) is 5.92 Å². The van der Waals surface area contributed by atoms with Crippen molar-refractivity contribution in [2.45, 2.75) is 46.2 Å². The number of carbonyl (C=O) groups excluding carboxylic acids is 1. The molecular formula is C18H22ClN3O2. The van der Waals surface area contributed by atoms with Crippen molar-refractivity contribution in [2.75, 3.05) is 6.54 Å². The monoisotopic (exact) mass is 347 g/mol. The highest BCUT2D eigenvalue weighted by Gasteiger charge is 2.36. The minimum atomic E-state index is -0.240. The van der Waals surface area contributed by atoms with Gasteiger partial charge in [-0.2, -0.15) is 0 Å². The van der Waals surface area contributed by atoms with Crippen LogP contribution in [0.4, 0.5) is 0 Å². The van der Waals surface area contributed by atoms with Crippen molar-refractivity contribution in [3.8, 4) is 0 Å². The fourth-order valence-corrected chi connectivity index (χ4v) is 3.33. The molecule has 1 atom stereocenters. The second-order valence-electron chi connectivity index (χ2n) is 6.26. The van der Waals surface area contributed by atoms with Crippen LogP contribution in [-0.2, 0) is 11.3 Å². The van der Waals surface area contributed by atoms with Gasteiger partial charge in [0.05, 0.1) is 16.9 Å². The van der Waals surface area contributed by atoms with E-state index in [9.17, 15) is 9.59 Å². The maximum atomic E-state index is 12.8. The van der Waals surface area contributed by atoms with Gasteiger partial charge in [-0.3, -0.25) is 14.2 Å². The molecule has 1 aromatic heterocycles. The van der Waals surface area contributed by atoms with Gasteiger partial charge in [0.1, 0.15) is 5.82 Å². The van der Waals surface area contributed by atoms with Crippen LogP contribution in [0.25, 0.3) is 10.9 Å². The lowest BCUT2D eigenvalue weighted by atomic mass is 10.2. The highest BCUT2D eigenvalue weighted by atomic mass is 35.5. The molecule has 1 fully saturated rings. The standard InChI is InChI=1S/C18H22ClN3O2/c1-4-21(17(23)12-6-7-12)11(3)16-20-15-9-8-13(19)10-14(15)18(24)22(16)5-2/h8-12H,4-7H2,1-3H3. The Bertz CT molecular complexity index is 842. The first-order chi connectivity index (χ1) is 11.5. The van der Waals surface area contributed by atoms with E-state index < -0.39 is 0 Å². The molecule has 1 aliphatic carbocycles. The van der Waals surface area contributed by atoms with Crippen LogP contribution in [0, 0.1) is 5.92 Å². The van der Waals surface area contributed by atoms with E-state index in [4.69, 9.17) is 11.6 Å². The third-order valence-corrected chi connectivity index (χ3v) is 4.89. The third-order valence-electron chi connectivity index (χ3n) is 4.65. The average molecular weight is 348 g/mol. The predicted molar refractivity (Wildman–Crippen MR) is 95.2 cm³/mol. The van der Waals surface area contributed by atoms with Gasteiger partial charge in [-0.1, -0.05) is 11.6 Å². The van der Waals surface area contributed by atoms with Crippen molar-refractivity contribution in [1.82, 2.24) is 14.5 Å². The van der Waals surface area contributed by atoms with Gasteiger partial charge < -0.3 is 4.90 Å². The van der Waals surface area contributed by atoms with Crippen LogP contribution in [-0.4, -0.2) is 26.9 Å². The van der Waals surface area contributed by atoms with E-state index in [-0.39, 0.29) is 23.4 Å².